The monoisotopic (exact) mass is 365 g/mol. The molecule has 2 heterocycles. The van der Waals surface area contributed by atoms with Crippen LogP contribution in [0.3, 0.4) is 0 Å². The molecular formula is C17H17Cl2N3S. The number of benzene rings is 1. The van der Waals surface area contributed by atoms with Crippen LogP contribution >= 0.6 is 35.0 Å². The van der Waals surface area contributed by atoms with Gasteiger partial charge in [-0.15, -0.1) is 11.8 Å². The first kappa shape index (κ1) is 16.6. The van der Waals surface area contributed by atoms with Crippen LogP contribution in [-0.2, 0) is 6.54 Å². The number of imidazole rings is 1. The van der Waals surface area contributed by atoms with E-state index in [1.807, 2.05) is 31.6 Å². The van der Waals surface area contributed by atoms with Gasteiger partial charge in [-0.25, -0.2) is 4.98 Å². The Balaban J connectivity index is 1.64. The summed E-state index contributed by atoms with van der Waals surface area (Å²) in [7, 11) is 0. The van der Waals surface area contributed by atoms with Crippen LogP contribution in [0.25, 0.3) is 11.0 Å². The molecule has 0 radical (unpaired) electrons. The lowest BCUT2D eigenvalue weighted by Crippen LogP contribution is -2.00. The summed E-state index contributed by atoms with van der Waals surface area (Å²) in [6, 6.07) is 5.63. The molecule has 0 bridgehead atoms. The lowest BCUT2D eigenvalue weighted by molar-refractivity contribution is 0.701. The maximum atomic E-state index is 6.20. The van der Waals surface area contributed by atoms with Gasteiger partial charge in [0.15, 0.2) is 0 Å². The fourth-order valence-electron chi connectivity index (χ4n) is 2.50. The standard InChI is InChI=1S/C17H17Cl2N3S/c1-11-12(2)20-9-15-17(11)22(10-21-15)6-3-7-23-16-5-4-13(18)8-14(16)19/h4-5,8-10H,3,6-7H2,1-2H3. The largest absolute Gasteiger partial charge is 0.330 e. The molecule has 2 aromatic heterocycles. The summed E-state index contributed by atoms with van der Waals surface area (Å²) < 4.78 is 2.21. The molecule has 0 aliphatic heterocycles. The van der Waals surface area contributed by atoms with Gasteiger partial charge in [0.25, 0.3) is 0 Å². The number of rotatable bonds is 5. The van der Waals surface area contributed by atoms with Crippen molar-refractivity contribution in [3.8, 4) is 0 Å². The molecule has 6 heteroatoms. The van der Waals surface area contributed by atoms with Crippen LogP contribution < -0.4 is 0 Å². The lowest BCUT2D eigenvalue weighted by Gasteiger charge is -2.08. The van der Waals surface area contributed by atoms with Gasteiger partial charge in [-0.1, -0.05) is 23.2 Å². The molecule has 3 aromatic rings. The number of aromatic nitrogens is 3. The van der Waals surface area contributed by atoms with E-state index in [9.17, 15) is 0 Å². The highest BCUT2D eigenvalue weighted by molar-refractivity contribution is 7.99. The number of halogens is 2. The highest BCUT2D eigenvalue weighted by atomic mass is 35.5. The van der Waals surface area contributed by atoms with Crippen molar-refractivity contribution in [1.29, 1.82) is 0 Å². The minimum Gasteiger partial charge on any atom is -0.330 e. The Morgan fingerprint density at radius 3 is 2.78 bits per heavy atom. The Labute approximate surface area is 150 Å². The number of pyridine rings is 1. The topological polar surface area (TPSA) is 30.7 Å². The summed E-state index contributed by atoms with van der Waals surface area (Å²) in [5, 5.41) is 1.39. The quantitative estimate of drug-likeness (QED) is 0.439. The van der Waals surface area contributed by atoms with Crippen LogP contribution in [0.4, 0.5) is 0 Å². The average Bonchev–Trinajstić information content (AvgIpc) is 2.93. The van der Waals surface area contributed by atoms with Crippen LogP contribution in [0.5, 0.6) is 0 Å². The van der Waals surface area contributed by atoms with Crippen LogP contribution in [0.15, 0.2) is 35.6 Å². The minimum absolute atomic E-state index is 0.670. The Kier molecular flexibility index (Phi) is 5.14. The molecule has 120 valence electrons. The second-order valence-electron chi connectivity index (χ2n) is 5.42. The highest BCUT2D eigenvalue weighted by Gasteiger charge is 2.08. The molecule has 3 rings (SSSR count). The van der Waals surface area contributed by atoms with E-state index in [1.165, 1.54) is 11.1 Å². The first-order valence-corrected chi connectivity index (χ1v) is 9.15. The van der Waals surface area contributed by atoms with Gasteiger partial charge in [-0.05, 0) is 49.8 Å². The van der Waals surface area contributed by atoms with Crippen molar-refractivity contribution in [3.63, 3.8) is 0 Å². The molecule has 0 saturated heterocycles. The molecule has 3 nitrogen and oxygen atoms in total. The van der Waals surface area contributed by atoms with E-state index in [1.54, 1.807) is 17.8 Å². The molecule has 0 spiro atoms. The predicted molar refractivity (Wildman–Crippen MR) is 98.8 cm³/mol. The molecule has 0 unspecified atom stereocenters. The summed E-state index contributed by atoms with van der Waals surface area (Å²) in [6.07, 6.45) is 4.78. The van der Waals surface area contributed by atoms with Gasteiger partial charge in [0.1, 0.15) is 5.52 Å². The third-order valence-electron chi connectivity index (χ3n) is 3.84. The van der Waals surface area contributed by atoms with Crippen molar-refractivity contribution in [2.75, 3.05) is 5.75 Å². The Morgan fingerprint density at radius 2 is 2.00 bits per heavy atom. The molecule has 1 aromatic carbocycles. The van der Waals surface area contributed by atoms with E-state index in [-0.39, 0.29) is 0 Å². The number of aryl methyl sites for hydroxylation is 3. The van der Waals surface area contributed by atoms with Crippen molar-refractivity contribution in [3.05, 3.63) is 52.0 Å². The molecular weight excluding hydrogens is 349 g/mol. The number of fused-ring (bicyclic) bond motifs is 1. The fourth-order valence-corrected chi connectivity index (χ4v) is 3.93. The van der Waals surface area contributed by atoms with Gasteiger partial charge in [-0.3, -0.25) is 4.98 Å². The van der Waals surface area contributed by atoms with Crippen LogP contribution in [0, 0.1) is 13.8 Å². The molecule has 0 atom stereocenters. The smallest absolute Gasteiger partial charge is 0.107 e. The van der Waals surface area contributed by atoms with Gasteiger partial charge in [0, 0.05) is 22.2 Å². The highest BCUT2D eigenvalue weighted by Crippen LogP contribution is 2.30. The normalized spacial score (nSPS) is 11.3. The number of hydrogen-bond donors (Lipinski definition) is 0. The van der Waals surface area contributed by atoms with Gasteiger partial charge in [0.2, 0.25) is 0 Å². The summed E-state index contributed by atoms with van der Waals surface area (Å²) in [5.74, 6) is 0.990. The molecule has 0 aliphatic carbocycles. The molecule has 0 N–H and O–H groups in total. The maximum absolute atomic E-state index is 6.20. The summed E-state index contributed by atoms with van der Waals surface area (Å²) in [6.45, 7) is 5.06. The zero-order chi connectivity index (χ0) is 16.4. The van der Waals surface area contributed by atoms with E-state index in [0.717, 1.165) is 34.8 Å². The molecule has 0 amide bonds. The van der Waals surface area contributed by atoms with Crippen LogP contribution in [0.1, 0.15) is 17.7 Å². The van der Waals surface area contributed by atoms with Crippen molar-refractivity contribution in [2.24, 2.45) is 0 Å². The van der Waals surface area contributed by atoms with Gasteiger partial charge < -0.3 is 4.57 Å². The van der Waals surface area contributed by atoms with Gasteiger partial charge in [-0.2, -0.15) is 0 Å². The molecule has 23 heavy (non-hydrogen) atoms. The van der Waals surface area contributed by atoms with E-state index < -0.39 is 0 Å². The first-order valence-electron chi connectivity index (χ1n) is 7.41. The second-order valence-corrected chi connectivity index (χ2v) is 7.40. The average molecular weight is 366 g/mol. The van der Waals surface area contributed by atoms with Gasteiger partial charge >= 0.3 is 0 Å². The number of thioether (sulfide) groups is 1. The minimum atomic E-state index is 0.670. The Morgan fingerprint density at radius 1 is 1.17 bits per heavy atom. The van der Waals surface area contributed by atoms with Gasteiger partial charge in [0.05, 0.1) is 23.1 Å². The van der Waals surface area contributed by atoms with E-state index in [2.05, 4.69) is 21.5 Å². The van der Waals surface area contributed by atoms with E-state index >= 15 is 0 Å². The molecule has 0 fully saturated rings. The predicted octanol–water partition coefficient (Wildman–Crippen LogP) is 5.54. The maximum Gasteiger partial charge on any atom is 0.107 e. The Hall–Kier alpha value is -1.23. The van der Waals surface area contributed by atoms with Crippen LogP contribution in [0.2, 0.25) is 10.0 Å². The summed E-state index contributed by atoms with van der Waals surface area (Å²) in [5.41, 5.74) is 4.41. The number of hydrogen-bond acceptors (Lipinski definition) is 3. The summed E-state index contributed by atoms with van der Waals surface area (Å²) >= 11 is 13.9. The zero-order valence-electron chi connectivity index (χ0n) is 13.0. The van der Waals surface area contributed by atoms with E-state index in [0.29, 0.717) is 10.0 Å². The fraction of sp³-hybridized carbons (Fsp3) is 0.294. The zero-order valence-corrected chi connectivity index (χ0v) is 15.3. The third kappa shape index (κ3) is 3.65. The van der Waals surface area contributed by atoms with Crippen molar-refractivity contribution < 1.29 is 0 Å². The number of nitrogens with zero attached hydrogens (tertiary/aromatic N) is 3. The van der Waals surface area contributed by atoms with Crippen molar-refractivity contribution in [1.82, 2.24) is 14.5 Å². The van der Waals surface area contributed by atoms with Crippen molar-refractivity contribution in [2.45, 2.75) is 31.7 Å². The Bertz CT molecular complexity index is 845. The SMILES string of the molecule is Cc1ncc2ncn(CCCSc3ccc(Cl)cc3Cl)c2c1C. The lowest BCUT2D eigenvalue weighted by atomic mass is 10.2. The van der Waals surface area contributed by atoms with Crippen molar-refractivity contribution >= 4 is 46.0 Å². The van der Waals surface area contributed by atoms with E-state index in [4.69, 9.17) is 23.2 Å². The molecule has 0 saturated carbocycles. The molecule has 0 aliphatic rings. The van der Waals surface area contributed by atoms with Crippen LogP contribution in [-0.4, -0.2) is 20.3 Å². The third-order valence-corrected chi connectivity index (χ3v) is 5.66. The second kappa shape index (κ2) is 7.12. The first-order chi connectivity index (χ1) is 11.1. The summed E-state index contributed by atoms with van der Waals surface area (Å²) in [4.78, 5) is 9.88.